The van der Waals surface area contributed by atoms with Gasteiger partial charge in [0.1, 0.15) is 5.56 Å². The Hall–Kier alpha value is -1.58. The predicted octanol–water partition coefficient (Wildman–Crippen LogP) is 1.98. The topological polar surface area (TPSA) is 48.3 Å². The molecule has 0 spiro atoms. The van der Waals surface area contributed by atoms with E-state index in [1.807, 2.05) is 6.92 Å². The molecule has 1 aliphatic rings. The van der Waals surface area contributed by atoms with Crippen molar-refractivity contribution in [3.05, 3.63) is 32.7 Å². The van der Waals surface area contributed by atoms with Crippen molar-refractivity contribution in [2.75, 3.05) is 7.11 Å². The first-order valence-electron chi connectivity index (χ1n) is 6.39. The van der Waals surface area contributed by atoms with Crippen LogP contribution in [0.1, 0.15) is 46.6 Å². The van der Waals surface area contributed by atoms with Gasteiger partial charge in [0, 0.05) is 23.5 Å². The van der Waals surface area contributed by atoms with E-state index in [0.29, 0.717) is 5.56 Å². The van der Waals surface area contributed by atoms with Crippen LogP contribution in [-0.4, -0.2) is 17.6 Å². The van der Waals surface area contributed by atoms with Gasteiger partial charge in [-0.25, -0.2) is 4.79 Å². The van der Waals surface area contributed by atoms with Gasteiger partial charge in [-0.15, -0.1) is 0 Å². The van der Waals surface area contributed by atoms with E-state index in [-0.39, 0.29) is 11.0 Å². The number of carbonyl (C=O) groups excluding carboxylic acids is 1. The number of aromatic nitrogens is 1. The second-order valence-corrected chi connectivity index (χ2v) is 4.82. The van der Waals surface area contributed by atoms with E-state index in [2.05, 4.69) is 4.57 Å². The predicted molar refractivity (Wildman–Crippen MR) is 69.1 cm³/mol. The zero-order valence-corrected chi connectivity index (χ0v) is 11.2. The van der Waals surface area contributed by atoms with Crippen molar-refractivity contribution in [3.8, 4) is 0 Å². The molecule has 4 nitrogen and oxygen atoms in total. The molecule has 0 unspecified atom stereocenters. The van der Waals surface area contributed by atoms with E-state index in [0.717, 1.165) is 43.6 Å². The van der Waals surface area contributed by atoms with Gasteiger partial charge in [0.15, 0.2) is 5.43 Å². The molecule has 4 heteroatoms. The molecule has 0 fully saturated rings. The number of methoxy groups -OCH3 is 1. The molecule has 0 aromatic carbocycles. The zero-order chi connectivity index (χ0) is 13.3. The maximum atomic E-state index is 12.3. The SMILES string of the molecule is COC(=O)c1c2n(c(C)c(C)c1=O)CCCCC2. The van der Waals surface area contributed by atoms with Crippen LogP contribution >= 0.6 is 0 Å². The van der Waals surface area contributed by atoms with Crippen LogP contribution in [0.5, 0.6) is 0 Å². The van der Waals surface area contributed by atoms with Gasteiger partial charge in [-0.05, 0) is 33.1 Å². The van der Waals surface area contributed by atoms with E-state index in [1.54, 1.807) is 6.92 Å². The highest BCUT2D eigenvalue weighted by Gasteiger charge is 2.23. The van der Waals surface area contributed by atoms with Gasteiger partial charge >= 0.3 is 5.97 Å². The lowest BCUT2D eigenvalue weighted by atomic mass is 10.0. The highest BCUT2D eigenvalue weighted by molar-refractivity contribution is 5.90. The third-order valence-electron chi connectivity index (χ3n) is 3.81. The summed E-state index contributed by atoms with van der Waals surface area (Å²) >= 11 is 0. The molecular weight excluding hydrogens is 230 g/mol. The van der Waals surface area contributed by atoms with E-state index >= 15 is 0 Å². The van der Waals surface area contributed by atoms with Crippen molar-refractivity contribution in [1.82, 2.24) is 4.57 Å². The fraction of sp³-hybridized carbons (Fsp3) is 0.571. The molecule has 0 N–H and O–H groups in total. The standard InChI is InChI=1S/C14H19NO3/c1-9-10(2)15-8-6-4-5-7-11(15)12(13(9)16)14(17)18-3/h4-8H2,1-3H3. The summed E-state index contributed by atoms with van der Waals surface area (Å²) < 4.78 is 6.89. The van der Waals surface area contributed by atoms with E-state index in [1.165, 1.54) is 7.11 Å². The van der Waals surface area contributed by atoms with Crippen molar-refractivity contribution < 1.29 is 9.53 Å². The number of rotatable bonds is 1. The second-order valence-electron chi connectivity index (χ2n) is 4.82. The molecule has 1 aromatic rings. The summed E-state index contributed by atoms with van der Waals surface area (Å²) in [6, 6.07) is 0. The normalized spacial score (nSPS) is 14.8. The Morgan fingerprint density at radius 1 is 1.22 bits per heavy atom. The lowest BCUT2D eigenvalue weighted by molar-refractivity contribution is 0.0596. The van der Waals surface area contributed by atoms with Crippen molar-refractivity contribution >= 4 is 5.97 Å². The molecule has 2 heterocycles. The van der Waals surface area contributed by atoms with Crippen LogP contribution in [0.25, 0.3) is 0 Å². The monoisotopic (exact) mass is 249 g/mol. The smallest absolute Gasteiger partial charge is 0.343 e. The van der Waals surface area contributed by atoms with Crippen molar-refractivity contribution in [2.45, 2.75) is 46.1 Å². The highest BCUT2D eigenvalue weighted by atomic mass is 16.5. The largest absolute Gasteiger partial charge is 0.465 e. The molecule has 2 rings (SSSR count). The molecule has 1 aromatic heterocycles. The maximum absolute atomic E-state index is 12.3. The van der Waals surface area contributed by atoms with E-state index in [4.69, 9.17) is 4.74 Å². The van der Waals surface area contributed by atoms with Gasteiger partial charge in [-0.3, -0.25) is 4.79 Å². The molecule has 0 amide bonds. The summed E-state index contributed by atoms with van der Waals surface area (Å²) in [5.41, 5.74) is 2.55. The Morgan fingerprint density at radius 3 is 2.61 bits per heavy atom. The Kier molecular flexibility index (Phi) is 3.55. The zero-order valence-electron chi connectivity index (χ0n) is 11.2. The fourth-order valence-corrected chi connectivity index (χ4v) is 2.64. The molecule has 18 heavy (non-hydrogen) atoms. The number of hydrogen-bond donors (Lipinski definition) is 0. The molecule has 0 atom stereocenters. The summed E-state index contributed by atoms with van der Waals surface area (Å²) in [5.74, 6) is -0.506. The third kappa shape index (κ3) is 1.96. The van der Waals surface area contributed by atoms with Crippen LogP contribution in [0, 0.1) is 13.8 Å². The minimum atomic E-state index is -0.506. The van der Waals surface area contributed by atoms with Crippen molar-refractivity contribution in [2.24, 2.45) is 0 Å². The molecule has 98 valence electrons. The first kappa shape index (κ1) is 12.9. The summed E-state index contributed by atoms with van der Waals surface area (Å²) in [6.07, 6.45) is 4.03. The first-order chi connectivity index (χ1) is 8.57. The van der Waals surface area contributed by atoms with Crippen molar-refractivity contribution in [3.63, 3.8) is 0 Å². The van der Waals surface area contributed by atoms with Gasteiger partial charge in [-0.1, -0.05) is 6.42 Å². The first-order valence-corrected chi connectivity index (χ1v) is 6.39. The van der Waals surface area contributed by atoms with Crippen LogP contribution in [0.3, 0.4) is 0 Å². The minimum Gasteiger partial charge on any atom is -0.465 e. The summed E-state index contributed by atoms with van der Waals surface area (Å²) in [4.78, 5) is 24.1. The van der Waals surface area contributed by atoms with Crippen molar-refractivity contribution in [1.29, 1.82) is 0 Å². The van der Waals surface area contributed by atoms with E-state index < -0.39 is 5.97 Å². The number of nitrogens with zero attached hydrogens (tertiary/aromatic N) is 1. The molecule has 0 radical (unpaired) electrons. The third-order valence-corrected chi connectivity index (χ3v) is 3.81. The van der Waals surface area contributed by atoms with Gasteiger partial charge in [-0.2, -0.15) is 0 Å². The van der Waals surface area contributed by atoms with Gasteiger partial charge in [0.05, 0.1) is 7.11 Å². The number of fused-ring (bicyclic) bond motifs is 1. The number of ether oxygens (including phenoxy) is 1. The second kappa shape index (κ2) is 4.96. The quantitative estimate of drug-likeness (QED) is 0.715. The minimum absolute atomic E-state index is 0.174. The Balaban J connectivity index is 2.76. The molecular formula is C14H19NO3. The van der Waals surface area contributed by atoms with Gasteiger partial charge in [0.25, 0.3) is 0 Å². The average molecular weight is 249 g/mol. The van der Waals surface area contributed by atoms with Crippen LogP contribution in [0.4, 0.5) is 0 Å². The Bertz CT molecular complexity index is 543. The Morgan fingerprint density at radius 2 is 1.94 bits per heavy atom. The summed E-state index contributed by atoms with van der Waals surface area (Å²) in [7, 11) is 1.32. The Labute approximate surface area is 107 Å². The number of carbonyl (C=O) groups is 1. The molecule has 0 saturated heterocycles. The van der Waals surface area contributed by atoms with Gasteiger partial charge in [0.2, 0.25) is 0 Å². The fourth-order valence-electron chi connectivity index (χ4n) is 2.64. The molecule has 0 saturated carbocycles. The number of esters is 1. The maximum Gasteiger partial charge on any atom is 0.343 e. The lowest BCUT2D eigenvalue weighted by Gasteiger charge is -2.18. The molecule has 0 aliphatic carbocycles. The highest BCUT2D eigenvalue weighted by Crippen LogP contribution is 2.20. The van der Waals surface area contributed by atoms with Gasteiger partial charge < -0.3 is 9.30 Å². The van der Waals surface area contributed by atoms with E-state index in [9.17, 15) is 9.59 Å². The number of hydrogen-bond acceptors (Lipinski definition) is 3. The van der Waals surface area contributed by atoms with Crippen LogP contribution in [-0.2, 0) is 17.7 Å². The van der Waals surface area contributed by atoms with Crippen LogP contribution in [0.2, 0.25) is 0 Å². The molecule has 1 aliphatic heterocycles. The summed E-state index contributed by atoms with van der Waals surface area (Å²) in [6.45, 7) is 4.61. The molecule has 0 bridgehead atoms. The average Bonchev–Trinajstić information content (AvgIpc) is 2.61. The van der Waals surface area contributed by atoms with Crippen LogP contribution in [0.15, 0.2) is 4.79 Å². The van der Waals surface area contributed by atoms with Crippen LogP contribution < -0.4 is 5.43 Å². The lowest BCUT2D eigenvalue weighted by Crippen LogP contribution is -2.27. The number of pyridine rings is 1. The summed E-state index contributed by atoms with van der Waals surface area (Å²) in [5, 5.41) is 0.